The van der Waals surface area contributed by atoms with E-state index in [0.717, 1.165) is 13.2 Å². The average molecular weight is 367 g/mol. The maximum Gasteiger partial charge on any atom is 0.416 e. The Bertz CT molecular complexity index is 865. The first-order valence-corrected chi connectivity index (χ1v) is 7.76. The molecule has 2 aromatic carbocycles. The van der Waals surface area contributed by atoms with Gasteiger partial charge in [0.15, 0.2) is 0 Å². The number of benzene rings is 2. The Morgan fingerprint density at radius 1 is 1.04 bits per heavy atom. The molecule has 0 atom stereocenters. The molecule has 0 aliphatic heterocycles. The lowest BCUT2D eigenvalue weighted by atomic mass is 10.2. The lowest BCUT2D eigenvalue weighted by molar-refractivity contribution is -0.137. The van der Waals surface area contributed by atoms with Crippen molar-refractivity contribution in [3.8, 4) is 5.75 Å². The highest BCUT2D eigenvalue weighted by molar-refractivity contribution is 7.92. The Kier molecular flexibility index (Phi) is 4.70. The summed E-state index contributed by atoms with van der Waals surface area (Å²) in [4.78, 5) is -0.914. The van der Waals surface area contributed by atoms with Crippen LogP contribution in [0.25, 0.3) is 0 Å². The third kappa shape index (κ3) is 3.75. The molecule has 2 rings (SSSR count). The summed E-state index contributed by atoms with van der Waals surface area (Å²) in [6, 6.07) is 3.85. The first-order valence-electron chi connectivity index (χ1n) is 6.27. The van der Waals surface area contributed by atoms with Crippen molar-refractivity contribution in [2.75, 3.05) is 11.8 Å². The van der Waals surface area contributed by atoms with Crippen molar-refractivity contribution < 1.29 is 35.1 Å². The van der Waals surface area contributed by atoms with Crippen molar-refractivity contribution in [1.29, 1.82) is 0 Å². The molecule has 0 unspecified atom stereocenters. The molecule has 0 saturated carbocycles. The second-order valence-electron chi connectivity index (χ2n) is 4.59. The van der Waals surface area contributed by atoms with Crippen LogP contribution < -0.4 is 9.46 Å². The van der Waals surface area contributed by atoms with Gasteiger partial charge in [-0.15, -0.1) is 0 Å². The molecule has 4 nitrogen and oxygen atoms in total. The summed E-state index contributed by atoms with van der Waals surface area (Å²) in [7, 11) is -3.47. The minimum Gasteiger partial charge on any atom is -0.495 e. The van der Waals surface area contributed by atoms with Gasteiger partial charge in [-0.05, 0) is 30.3 Å². The standard InChI is InChI=1S/C14H10F5NO3S/c1-23-12-4-2-8(14(17,18)19)6-11(12)20-24(21,22)13-5-3-9(15)7-10(13)16/h2-7,20H,1H3. The summed E-state index contributed by atoms with van der Waals surface area (Å²) in [6.45, 7) is 0. The van der Waals surface area contributed by atoms with E-state index in [4.69, 9.17) is 4.74 Å². The third-order valence-electron chi connectivity index (χ3n) is 2.95. The summed E-state index contributed by atoms with van der Waals surface area (Å²) >= 11 is 0. The van der Waals surface area contributed by atoms with E-state index in [1.807, 2.05) is 4.72 Å². The molecule has 10 heteroatoms. The van der Waals surface area contributed by atoms with Crippen molar-refractivity contribution in [3.05, 3.63) is 53.6 Å². The lowest BCUT2D eigenvalue weighted by Crippen LogP contribution is -2.16. The van der Waals surface area contributed by atoms with Gasteiger partial charge in [0.2, 0.25) is 0 Å². The number of halogens is 5. The summed E-state index contributed by atoms with van der Waals surface area (Å²) < 4.78 is 95.7. The Hall–Kier alpha value is -2.36. The molecule has 0 radical (unpaired) electrons. The second-order valence-corrected chi connectivity index (χ2v) is 6.24. The van der Waals surface area contributed by atoms with Crippen molar-refractivity contribution >= 4 is 15.7 Å². The van der Waals surface area contributed by atoms with E-state index in [2.05, 4.69) is 0 Å². The fraction of sp³-hybridized carbons (Fsp3) is 0.143. The predicted molar refractivity (Wildman–Crippen MR) is 75.2 cm³/mol. The summed E-state index contributed by atoms with van der Waals surface area (Å²) in [5.41, 5.74) is -1.66. The largest absolute Gasteiger partial charge is 0.495 e. The molecule has 0 aliphatic rings. The van der Waals surface area contributed by atoms with Gasteiger partial charge >= 0.3 is 6.18 Å². The maximum atomic E-state index is 13.6. The predicted octanol–water partition coefficient (Wildman–Crippen LogP) is 3.79. The summed E-state index contributed by atoms with van der Waals surface area (Å²) in [5, 5.41) is 0. The monoisotopic (exact) mass is 367 g/mol. The highest BCUT2D eigenvalue weighted by Gasteiger charge is 2.32. The quantitative estimate of drug-likeness (QED) is 0.837. The topological polar surface area (TPSA) is 55.4 Å². The first kappa shape index (κ1) is 18.0. The van der Waals surface area contributed by atoms with Crippen LogP contribution >= 0.6 is 0 Å². The van der Waals surface area contributed by atoms with E-state index in [0.29, 0.717) is 30.3 Å². The molecule has 0 bridgehead atoms. The van der Waals surface area contributed by atoms with Crippen molar-refractivity contribution in [3.63, 3.8) is 0 Å². The molecular formula is C14H10F5NO3S. The minimum atomic E-state index is -4.71. The van der Waals surface area contributed by atoms with Gasteiger partial charge in [-0.25, -0.2) is 17.2 Å². The molecule has 0 aromatic heterocycles. The zero-order valence-electron chi connectivity index (χ0n) is 12.0. The van der Waals surface area contributed by atoms with Gasteiger partial charge in [0.25, 0.3) is 10.0 Å². The highest BCUT2D eigenvalue weighted by Crippen LogP contribution is 2.36. The highest BCUT2D eigenvalue weighted by atomic mass is 32.2. The van der Waals surface area contributed by atoms with E-state index < -0.39 is 44.0 Å². The van der Waals surface area contributed by atoms with Gasteiger partial charge in [0, 0.05) is 6.07 Å². The molecule has 24 heavy (non-hydrogen) atoms. The maximum absolute atomic E-state index is 13.6. The normalized spacial score (nSPS) is 12.1. The summed E-state index contributed by atoms with van der Waals surface area (Å²) in [5.74, 6) is -2.58. The molecule has 0 saturated heterocycles. The summed E-state index contributed by atoms with van der Waals surface area (Å²) in [6.07, 6.45) is -4.71. The molecule has 130 valence electrons. The first-order chi connectivity index (χ1) is 11.0. The average Bonchev–Trinajstić information content (AvgIpc) is 2.45. The number of ether oxygens (including phenoxy) is 1. The Morgan fingerprint density at radius 3 is 2.25 bits per heavy atom. The van der Waals surface area contributed by atoms with Crippen LogP contribution in [0.1, 0.15) is 5.56 Å². The number of hydrogen-bond acceptors (Lipinski definition) is 3. The molecule has 0 amide bonds. The van der Waals surface area contributed by atoms with Crippen LogP contribution in [0, 0.1) is 11.6 Å². The van der Waals surface area contributed by atoms with Gasteiger partial charge in [0.05, 0.1) is 18.4 Å². The third-order valence-corrected chi connectivity index (χ3v) is 4.35. The fourth-order valence-electron chi connectivity index (χ4n) is 1.86. The fourth-order valence-corrected chi connectivity index (χ4v) is 2.98. The molecule has 0 fully saturated rings. The van der Waals surface area contributed by atoms with Gasteiger partial charge in [-0.2, -0.15) is 13.2 Å². The SMILES string of the molecule is COc1ccc(C(F)(F)F)cc1NS(=O)(=O)c1ccc(F)cc1F. The van der Waals surface area contributed by atoms with Gasteiger partial charge in [0.1, 0.15) is 22.3 Å². The van der Waals surface area contributed by atoms with E-state index in [1.165, 1.54) is 0 Å². The Morgan fingerprint density at radius 2 is 1.71 bits per heavy atom. The number of nitrogens with one attached hydrogen (secondary N) is 1. The van der Waals surface area contributed by atoms with Crippen LogP contribution in [-0.4, -0.2) is 15.5 Å². The molecule has 0 aliphatic carbocycles. The lowest BCUT2D eigenvalue weighted by Gasteiger charge is -2.15. The van der Waals surface area contributed by atoms with E-state index in [9.17, 15) is 30.4 Å². The van der Waals surface area contributed by atoms with Crippen LogP contribution in [0.3, 0.4) is 0 Å². The zero-order valence-corrected chi connectivity index (χ0v) is 12.8. The molecular weight excluding hydrogens is 357 g/mol. The van der Waals surface area contributed by atoms with Gasteiger partial charge in [-0.1, -0.05) is 0 Å². The number of anilines is 1. The van der Waals surface area contributed by atoms with E-state index in [-0.39, 0.29) is 5.75 Å². The van der Waals surface area contributed by atoms with Crippen LogP contribution in [-0.2, 0) is 16.2 Å². The van der Waals surface area contributed by atoms with Crippen molar-refractivity contribution in [2.45, 2.75) is 11.1 Å². The van der Waals surface area contributed by atoms with Crippen molar-refractivity contribution in [2.24, 2.45) is 0 Å². The number of rotatable bonds is 4. The Labute approximate surface area is 133 Å². The van der Waals surface area contributed by atoms with Crippen LogP contribution in [0.5, 0.6) is 5.75 Å². The van der Waals surface area contributed by atoms with E-state index >= 15 is 0 Å². The number of sulfonamides is 1. The molecule has 1 N–H and O–H groups in total. The molecule has 2 aromatic rings. The van der Waals surface area contributed by atoms with Crippen LogP contribution in [0.4, 0.5) is 27.6 Å². The minimum absolute atomic E-state index is 0.200. The van der Waals surface area contributed by atoms with Crippen LogP contribution in [0.15, 0.2) is 41.3 Å². The number of alkyl halides is 3. The molecule has 0 heterocycles. The van der Waals surface area contributed by atoms with E-state index in [1.54, 1.807) is 0 Å². The van der Waals surface area contributed by atoms with Gasteiger partial charge < -0.3 is 4.74 Å². The van der Waals surface area contributed by atoms with Crippen molar-refractivity contribution in [1.82, 2.24) is 0 Å². The number of hydrogen-bond donors (Lipinski definition) is 1. The number of methoxy groups -OCH3 is 1. The van der Waals surface area contributed by atoms with Gasteiger partial charge in [-0.3, -0.25) is 4.72 Å². The molecule has 0 spiro atoms. The zero-order chi connectivity index (χ0) is 18.1. The second kappa shape index (κ2) is 6.27. The Balaban J connectivity index is 2.49. The van der Waals surface area contributed by atoms with Crippen LogP contribution in [0.2, 0.25) is 0 Å². The smallest absolute Gasteiger partial charge is 0.416 e.